The van der Waals surface area contributed by atoms with Gasteiger partial charge in [-0.2, -0.15) is 0 Å². The predicted molar refractivity (Wildman–Crippen MR) is 107 cm³/mol. The first-order valence-electron chi connectivity index (χ1n) is 9.88. The van der Waals surface area contributed by atoms with E-state index in [2.05, 4.69) is 34.5 Å². The second-order valence-electron chi connectivity index (χ2n) is 7.41. The van der Waals surface area contributed by atoms with Crippen LogP contribution in [0.4, 0.5) is 4.79 Å². The number of hydrogen-bond acceptors (Lipinski definition) is 4. The van der Waals surface area contributed by atoms with Crippen LogP contribution in [-0.4, -0.2) is 54.7 Å². The minimum Gasteiger partial charge on any atom is -0.450 e. The molecule has 1 amide bonds. The Morgan fingerprint density at radius 2 is 1.88 bits per heavy atom. The van der Waals surface area contributed by atoms with E-state index in [1.165, 1.54) is 36.0 Å². The molecule has 1 aromatic carbocycles. The van der Waals surface area contributed by atoms with Gasteiger partial charge in [-0.25, -0.2) is 4.79 Å². The number of carbonyl (C=O) groups excluding carboxylic acids is 1. The highest BCUT2D eigenvalue weighted by molar-refractivity contribution is 7.17. The number of amides is 1. The lowest BCUT2D eigenvalue weighted by Gasteiger charge is -2.41. The topological polar surface area (TPSA) is 32.8 Å². The van der Waals surface area contributed by atoms with Crippen molar-refractivity contribution in [2.75, 3.05) is 32.8 Å². The molecular weight excluding hydrogens is 344 g/mol. The molecule has 0 bridgehead atoms. The number of likely N-dealkylation sites (tertiary alicyclic amines) is 2. The number of piperidine rings is 2. The zero-order chi connectivity index (χ0) is 17.9. The van der Waals surface area contributed by atoms with Gasteiger partial charge in [-0.3, -0.25) is 0 Å². The van der Waals surface area contributed by atoms with Crippen molar-refractivity contribution in [2.24, 2.45) is 0 Å². The smallest absolute Gasteiger partial charge is 0.409 e. The second kappa shape index (κ2) is 7.97. The monoisotopic (exact) mass is 372 g/mol. The van der Waals surface area contributed by atoms with E-state index in [1.807, 2.05) is 23.2 Å². The van der Waals surface area contributed by atoms with Gasteiger partial charge in [-0.15, -0.1) is 11.3 Å². The van der Waals surface area contributed by atoms with E-state index in [4.69, 9.17) is 4.74 Å². The van der Waals surface area contributed by atoms with E-state index in [-0.39, 0.29) is 6.09 Å². The van der Waals surface area contributed by atoms with Gasteiger partial charge in [0.15, 0.2) is 0 Å². The fraction of sp³-hybridized carbons (Fsp3) is 0.571. The maximum absolute atomic E-state index is 11.9. The molecule has 1 aromatic heterocycles. The molecule has 2 aromatic rings. The summed E-state index contributed by atoms with van der Waals surface area (Å²) < 4.78 is 6.54. The minimum atomic E-state index is -0.145. The van der Waals surface area contributed by atoms with E-state index in [1.54, 1.807) is 5.56 Å². The number of thiophene rings is 1. The van der Waals surface area contributed by atoms with Gasteiger partial charge in [0.1, 0.15) is 0 Å². The average molecular weight is 373 g/mol. The molecule has 0 N–H and O–H groups in total. The van der Waals surface area contributed by atoms with Gasteiger partial charge in [-0.1, -0.05) is 12.1 Å². The van der Waals surface area contributed by atoms with Crippen LogP contribution in [-0.2, 0) is 4.74 Å². The number of rotatable bonds is 3. The van der Waals surface area contributed by atoms with Gasteiger partial charge < -0.3 is 14.5 Å². The van der Waals surface area contributed by atoms with E-state index >= 15 is 0 Å². The Hall–Kier alpha value is -1.59. The molecule has 2 aliphatic rings. The van der Waals surface area contributed by atoms with Crippen LogP contribution in [0.15, 0.2) is 29.6 Å². The molecule has 0 saturated carbocycles. The van der Waals surface area contributed by atoms with Gasteiger partial charge >= 0.3 is 6.09 Å². The van der Waals surface area contributed by atoms with Crippen LogP contribution in [0, 0.1) is 0 Å². The van der Waals surface area contributed by atoms with Crippen LogP contribution in [0.2, 0.25) is 0 Å². The number of fused-ring (bicyclic) bond motifs is 1. The van der Waals surface area contributed by atoms with E-state index < -0.39 is 0 Å². The molecule has 0 aliphatic carbocycles. The normalized spacial score (nSPS) is 20.6. The lowest BCUT2D eigenvalue weighted by atomic mass is 9.86. The Morgan fingerprint density at radius 3 is 2.62 bits per heavy atom. The summed E-state index contributed by atoms with van der Waals surface area (Å²) in [6.45, 7) is 6.34. The Morgan fingerprint density at radius 1 is 1.12 bits per heavy atom. The summed E-state index contributed by atoms with van der Waals surface area (Å²) in [7, 11) is 0. The maximum atomic E-state index is 11.9. The number of ether oxygens (including phenoxy) is 1. The van der Waals surface area contributed by atoms with E-state index in [0.717, 1.165) is 25.9 Å². The SMILES string of the molecule is CCOC(=O)N1CCC(N2CCC(c3cccc4sccc34)CC2)CC1. The molecule has 5 heteroatoms. The van der Waals surface area contributed by atoms with Crippen LogP contribution in [0.25, 0.3) is 10.1 Å². The van der Waals surface area contributed by atoms with Crippen molar-refractivity contribution < 1.29 is 9.53 Å². The second-order valence-corrected chi connectivity index (χ2v) is 8.35. The van der Waals surface area contributed by atoms with Crippen molar-refractivity contribution in [3.63, 3.8) is 0 Å². The first kappa shape index (κ1) is 17.8. The van der Waals surface area contributed by atoms with Gasteiger partial charge in [-0.05, 0) is 80.1 Å². The predicted octanol–water partition coefficient (Wildman–Crippen LogP) is 4.70. The number of carbonyl (C=O) groups is 1. The van der Waals surface area contributed by atoms with Crippen molar-refractivity contribution in [3.8, 4) is 0 Å². The Labute approximate surface area is 159 Å². The lowest BCUT2D eigenvalue weighted by Crippen LogP contribution is -2.48. The molecule has 2 fully saturated rings. The average Bonchev–Trinajstić information content (AvgIpc) is 3.17. The molecule has 4 nitrogen and oxygen atoms in total. The van der Waals surface area contributed by atoms with Crippen molar-refractivity contribution in [1.29, 1.82) is 0 Å². The Bertz CT molecular complexity index is 743. The summed E-state index contributed by atoms with van der Waals surface area (Å²) in [4.78, 5) is 16.4. The fourth-order valence-electron chi connectivity index (χ4n) is 4.58. The standard InChI is InChI=1S/C21H28N2O2S/c1-2-25-21(24)23-13-8-17(9-14-23)22-11-6-16(7-12-22)18-4-3-5-20-19(18)10-15-26-20/h3-5,10,15-17H,2,6-9,11-14H2,1H3. The Kier molecular flexibility index (Phi) is 5.46. The summed E-state index contributed by atoms with van der Waals surface area (Å²) in [6.07, 6.45) is 4.49. The van der Waals surface area contributed by atoms with Crippen LogP contribution in [0.1, 0.15) is 44.1 Å². The van der Waals surface area contributed by atoms with Crippen molar-refractivity contribution in [1.82, 2.24) is 9.80 Å². The van der Waals surface area contributed by atoms with Gasteiger partial charge in [0, 0.05) is 23.8 Å². The highest BCUT2D eigenvalue weighted by Gasteiger charge is 2.30. The Balaban J connectivity index is 1.32. The molecule has 4 rings (SSSR count). The summed E-state index contributed by atoms with van der Waals surface area (Å²) in [5.41, 5.74) is 1.54. The molecular formula is C21H28N2O2S. The largest absolute Gasteiger partial charge is 0.450 e. The van der Waals surface area contributed by atoms with Crippen LogP contribution in [0.5, 0.6) is 0 Å². The summed E-state index contributed by atoms with van der Waals surface area (Å²) in [5, 5.41) is 3.67. The third kappa shape index (κ3) is 3.60. The van der Waals surface area contributed by atoms with Gasteiger partial charge in [0.05, 0.1) is 6.61 Å². The van der Waals surface area contributed by atoms with E-state index in [0.29, 0.717) is 18.6 Å². The molecule has 3 heterocycles. The van der Waals surface area contributed by atoms with Crippen LogP contribution < -0.4 is 0 Å². The molecule has 0 atom stereocenters. The third-order valence-corrected chi connectivity index (χ3v) is 6.89. The van der Waals surface area contributed by atoms with Crippen LogP contribution >= 0.6 is 11.3 Å². The zero-order valence-electron chi connectivity index (χ0n) is 15.5. The molecule has 0 spiro atoms. The highest BCUT2D eigenvalue weighted by atomic mass is 32.1. The van der Waals surface area contributed by atoms with Gasteiger partial charge in [0.2, 0.25) is 0 Å². The molecule has 0 unspecified atom stereocenters. The first-order chi connectivity index (χ1) is 12.8. The zero-order valence-corrected chi connectivity index (χ0v) is 16.3. The molecule has 0 radical (unpaired) electrons. The molecule has 140 valence electrons. The highest BCUT2D eigenvalue weighted by Crippen LogP contribution is 2.36. The van der Waals surface area contributed by atoms with Crippen LogP contribution in [0.3, 0.4) is 0 Å². The lowest BCUT2D eigenvalue weighted by molar-refractivity contribution is 0.0663. The maximum Gasteiger partial charge on any atom is 0.409 e. The van der Waals surface area contributed by atoms with Crippen molar-refractivity contribution in [2.45, 2.75) is 44.6 Å². The molecule has 26 heavy (non-hydrogen) atoms. The number of hydrogen-bond donors (Lipinski definition) is 0. The fourth-order valence-corrected chi connectivity index (χ4v) is 5.40. The minimum absolute atomic E-state index is 0.145. The quantitative estimate of drug-likeness (QED) is 0.783. The van der Waals surface area contributed by atoms with Gasteiger partial charge in [0.25, 0.3) is 0 Å². The summed E-state index contributed by atoms with van der Waals surface area (Å²) in [6, 6.07) is 9.68. The molecule has 2 aliphatic heterocycles. The van der Waals surface area contributed by atoms with E-state index in [9.17, 15) is 4.79 Å². The van der Waals surface area contributed by atoms with Crippen molar-refractivity contribution in [3.05, 3.63) is 35.2 Å². The third-order valence-electron chi connectivity index (χ3n) is 6.01. The first-order valence-corrected chi connectivity index (χ1v) is 10.8. The number of benzene rings is 1. The summed E-state index contributed by atoms with van der Waals surface area (Å²) in [5.74, 6) is 0.684. The van der Waals surface area contributed by atoms with Crippen molar-refractivity contribution >= 4 is 27.5 Å². The molecule has 2 saturated heterocycles. The summed E-state index contributed by atoms with van der Waals surface area (Å²) >= 11 is 1.84. The number of nitrogens with zero attached hydrogens (tertiary/aromatic N) is 2.